The van der Waals surface area contributed by atoms with E-state index in [2.05, 4.69) is 16.3 Å². The van der Waals surface area contributed by atoms with Crippen molar-refractivity contribution < 1.29 is 13.2 Å². The molecule has 0 radical (unpaired) electrons. The van der Waals surface area contributed by atoms with Gasteiger partial charge in [0, 0.05) is 44.0 Å². The van der Waals surface area contributed by atoms with Crippen LogP contribution in [0.1, 0.15) is 19.4 Å². The molecule has 3 N–H and O–H groups in total. The van der Waals surface area contributed by atoms with E-state index in [1.54, 1.807) is 13.8 Å². The van der Waals surface area contributed by atoms with Crippen LogP contribution in [0.2, 0.25) is 0 Å². The number of piperazine rings is 1. The fraction of sp³-hybridized carbons (Fsp3) is 0.588. The first-order valence-electron chi connectivity index (χ1n) is 8.42. The van der Waals surface area contributed by atoms with Crippen LogP contribution in [0.3, 0.4) is 0 Å². The molecule has 1 aliphatic heterocycles. The maximum absolute atomic E-state index is 12.4. The molecule has 0 bridgehead atoms. The van der Waals surface area contributed by atoms with E-state index < -0.39 is 27.2 Å². The molecule has 1 aliphatic rings. The van der Waals surface area contributed by atoms with Crippen LogP contribution in [0.4, 0.5) is 5.69 Å². The van der Waals surface area contributed by atoms with E-state index in [1.165, 1.54) is 9.87 Å². The van der Waals surface area contributed by atoms with Crippen LogP contribution in [0.5, 0.6) is 0 Å². The first-order valence-corrected chi connectivity index (χ1v) is 10.0. The quantitative estimate of drug-likeness (QED) is 0.753. The Bertz CT molecular complexity index is 705. The molecule has 0 aromatic heterocycles. The average Bonchev–Trinajstić information content (AvgIpc) is 2.52. The molecule has 25 heavy (non-hydrogen) atoms. The van der Waals surface area contributed by atoms with Gasteiger partial charge >= 0.3 is 0 Å². The summed E-state index contributed by atoms with van der Waals surface area (Å²) in [7, 11) is -3.61. The number of nitrogens with zero attached hydrogens (tertiary/aromatic N) is 2. The van der Waals surface area contributed by atoms with Crippen molar-refractivity contribution in [3.8, 4) is 0 Å². The van der Waals surface area contributed by atoms with Crippen molar-refractivity contribution in [1.82, 2.24) is 9.62 Å². The number of benzene rings is 1. The molecule has 1 saturated heterocycles. The van der Waals surface area contributed by atoms with E-state index in [1.807, 2.05) is 25.1 Å². The predicted molar refractivity (Wildman–Crippen MR) is 100 cm³/mol. The van der Waals surface area contributed by atoms with Crippen LogP contribution in [-0.2, 0) is 14.8 Å². The minimum Gasteiger partial charge on any atom is -0.369 e. The molecule has 0 unspecified atom stereocenters. The van der Waals surface area contributed by atoms with Crippen LogP contribution < -0.4 is 16.0 Å². The third-order valence-corrected chi connectivity index (χ3v) is 5.83. The zero-order valence-electron chi connectivity index (χ0n) is 15.2. The first kappa shape index (κ1) is 19.7. The van der Waals surface area contributed by atoms with Crippen LogP contribution >= 0.6 is 0 Å². The fourth-order valence-corrected chi connectivity index (χ4v) is 4.02. The average molecular weight is 369 g/mol. The topological polar surface area (TPSA) is 95.7 Å². The Kier molecular flexibility index (Phi) is 6.08. The summed E-state index contributed by atoms with van der Waals surface area (Å²) in [6.07, 6.45) is 0. The highest BCUT2D eigenvalue weighted by molar-refractivity contribution is 7.89. The van der Waals surface area contributed by atoms with Gasteiger partial charge in [-0.15, -0.1) is 0 Å². The summed E-state index contributed by atoms with van der Waals surface area (Å²) in [5, 5.41) is 2.58. The number of nitrogens with two attached hydrogens (primary N) is 1. The lowest BCUT2D eigenvalue weighted by atomic mass is 10.1. The van der Waals surface area contributed by atoms with Crippen LogP contribution in [-0.4, -0.2) is 62.6 Å². The van der Waals surface area contributed by atoms with Crippen molar-refractivity contribution in [2.45, 2.75) is 26.3 Å². The van der Waals surface area contributed by atoms with Gasteiger partial charge in [0.2, 0.25) is 15.9 Å². The molecule has 0 spiro atoms. The molecule has 0 aliphatic carbocycles. The van der Waals surface area contributed by atoms with Gasteiger partial charge in [0.05, 0.1) is 0 Å². The molecular formula is C17H28N4O3S. The Labute approximate surface area is 150 Å². The number of rotatable bonds is 6. The van der Waals surface area contributed by atoms with Crippen LogP contribution in [0.15, 0.2) is 24.3 Å². The predicted octanol–water partition coefficient (Wildman–Crippen LogP) is 0.300. The largest absolute Gasteiger partial charge is 0.369 e. The standard InChI is InChI=1S/C17H28N4O3S/c1-14-5-4-6-15(11-14)20-7-9-21(10-8-20)25(23,24)12-16(22)19-13-17(2,3)18/h4-6,11H,7-10,12-13,18H2,1-3H3,(H,19,22). The second-order valence-electron chi connectivity index (χ2n) is 7.25. The Morgan fingerprint density at radius 1 is 1.24 bits per heavy atom. The number of sulfonamides is 1. The van der Waals surface area contributed by atoms with Crippen molar-refractivity contribution in [1.29, 1.82) is 0 Å². The molecular weight excluding hydrogens is 340 g/mol. The van der Waals surface area contributed by atoms with E-state index in [-0.39, 0.29) is 6.54 Å². The van der Waals surface area contributed by atoms with Gasteiger partial charge in [-0.2, -0.15) is 4.31 Å². The molecule has 2 rings (SSSR count). The lowest BCUT2D eigenvalue weighted by molar-refractivity contribution is -0.118. The number of anilines is 1. The molecule has 0 saturated carbocycles. The van der Waals surface area contributed by atoms with Gasteiger partial charge in [-0.1, -0.05) is 12.1 Å². The van der Waals surface area contributed by atoms with Gasteiger partial charge in [-0.25, -0.2) is 8.42 Å². The monoisotopic (exact) mass is 368 g/mol. The normalized spacial score (nSPS) is 16.7. The summed E-state index contributed by atoms with van der Waals surface area (Å²) in [6.45, 7) is 7.80. The van der Waals surface area contributed by atoms with Crippen LogP contribution in [0, 0.1) is 6.92 Å². The summed E-state index contributed by atoms with van der Waals surface area (Å²) >= 11 is 0. The van der Waals surface area contributed by atoms with Gasteiger partial charge in [-0.3, -0.25) is 4.79 Å². The van der Waals surface area contributed by atoms with E-state index in [9.17, 15) is 13.2 Å². The summed E-state index contributed by atoms with van der Waals surface area (Å²) in [5.74, 6) is -1.05. The maximum Gasteiger partial charge on any atom is 0.236 e. The Morgan fingerprint density at radius 2 is 1.88 bits per heavy atom. The second-order valence-corrected chi connectivity index (χ2v) is 9.22. The lowest BCUT2D eigenvalue weighted by Gasteiger charge is -2.35. The summed E-state index contributed by atoms with van der Waals surface area (Å²) in [5.41, 5.74) is 7.49. The third kappa shape index (κ3) is 5.98. The van der Waals surface area contributed by atoms with E-state index in [4.69, 9.17) is 5.73 Å². The van der Waals surface area contributed by atoms with Crippen molar-refractivity contribution in [3.05, 3.63) is 29.8 Å². The number of aryl methyl sites for hydroxylation is 1. The SMILES string of the molecule is Cc1cccc(N2CCN(S(=O)(=O)CC(=O)NCC(C)(C)N)CC2)c1. The van der Waals surface area contributed by atoms with Crippen molar-refractivity contribution in [3.63, 3.8) is 0 Å². The van der Waals surface area contributed by atoms with Crippen molar-refractivity contribution >= 4 is 21.6 Å². The number of amides is 1. The molecule has 140 valence electrons. The van der Waals surface area contributed by atoms with Gasteiger partial charge in [-0.05, 0) is 38.5 Å². The Hall–Kier alpha value is -1.64. The second kappa shape index (κ2) is 7.72. The Balaban J connectivity index is 1.89. The molecule has 1 aromatic carbocycles. The van der Waals surface area contributed by atoms with E-state index in [0.29, 0.717) is 26.2 Å². The highest BCUT2D eigenvalue weighted by atomic mass is 32.2. The number of hydrogen-bond donors (Lipinski definition) is 2. The summed E-state index contributed by atoms with van der Waals surface area (Å²) < 4.78 is 26.3. The highest BCUT2D eigenvalue weighted by Crippen LogP contribution is 2.19. The molecule has 1 fully saturated rings. The smallest absolute Gasteiger partial charge is 0.236 e. The van der Waals surface area contributed by atoms with Gasteiger partial charge in [0.15, 0.2) is 0 Å². The fourth-order valence-electron chi connectivity index (χ4n) is 2.68. The minimum atomic E-state index is -3.61. The number of carbonyl (C=O) groups is 1. The number of carbonyl (C=O) groups excluding carboxylic acids is 1. The van der Waals surface area contributed by atoms with Crippen molar-refractivity contribution in [2.24, 2.45) is 5.73 Å². The third-order valence-electron chi connectivity index (χ3n) is 4.05. The zero-order valence-corrected chi connectivity index (χ0v) is 16.0. The van der Waals surface area contributed by atoms with Crippen LogP contribution in [0.25, 0.3) is 0 Å². The van der Waals surface area contributed by atoms with E-state index >= 15 is 0 Å². The van der Waals surface area contributed by atoms with E-state index in [0.717, 1.165) is 5.69 Å². The zero-order chi connectivity index (χ0) is 18.7. The number of nitrogens with one attached hydrogen (secondary N) is 1. The molecule has 8 heteroatoms. The number of hydrogen-bond acceptors (Lipinski definition) is 5. The maximum atomic E-state index is 12.4. The molecule has 7 nitrogen and oxygen atoms in total. The molecule has 1 aromatic rings. The summed E-state index contributed by atoms with van der Waals surface area (Å²) in [4.78, 5) is 14.1. The van der Waals surface area contributed by atoms with Gasteiger partial charge in [0.1, 0.15) is 5.75 Å². The Morgan fingerprint density at radius 3 is 2.44 bits per heavy atom. The molecule has 1 amide bonds. The molecule has 1 heterocycles. The molecule has 0 atom stereocenters. The lowest BCUT2D eigenvalue weighted by Crippen LogP contribution is -2.51. The van der Waals surface area contributed by atoms with Crippen molar-refractivity contribution in [2.75, 3.05) is 43.4 Å². The highest BCUT2D eigenvalue weighted by Gasteiger charge is 2.29. The van der Waals surface area contributed by atoms with Gasteiger partial charge in [0.25, 0.3) is 0 Å². The summed E-state index contributed by atoms with van der Waals surface area (Å²) in [6, 6.07) is 8.15. The van der Waals surface area contributed by atoms with Gasteiger partial charge < -0.3 is 16.0 Å². The first-order chi connectivity index (χ1) is 11.6. The minimum absolute atomic E-state index is 0.239.